The van der Waals surface area contributed by atoms with Crippen LogP contribution in [0.3, 0.4) is 0 Å². The van der Waals surface area contributed by atoms with Crippen LogP contribution >= 0.6 is 0 Å². The topological polar surface area (TPSA) is 29.9 Å². The van der Waals surface area contributed by atoms with Crippen molar-refractivity contribution in [3.05, 3.63) is 18.2 Å². The van der Waals surface area contributed by atoms with Crippen molar-refractivity contribution in [2.75, 3.05) is 6.54 Å². The monoisotopic (exact) mass is 249 g/mol. The largest absolute Gasteiger partial charge is 0.334 e. The highest BCUT2D eigenvalue weighted by Gasteiger charge is 2.27. The van der Waals surface area contributed by atoms with Gasteiger partial charge >= 0.3 is 0 Å². The van der Waals surface area contributed by atoms with Crippen LogP contribution in [0.4, 0.5) is 0 Å². The van der Waals surface area contributed by atoms with Gasteiger partial charge in [0.2, 0.25) is 0 Å². The number of rotatable bonds is 6. The first-order chi connectivity index (χ1) is 8.86. The molecular weight excluding hydrogens is 222 g/mol. The number of imidazole rings is 1. The highest BCUT2D eigenvalue weighted by atomic mass is 15.1. The summed E-state index contributed by atoms with van der Waals surface area (Å²) in [5.74, 6) is 2.03. The molecule has 1 saturated carbocycles. The highest BCUT2D eigenvalue weighted by Crippen LogP contribution is 2.33. The van der Waals surface area contributed by atoms with Crippen molar-refractivity contribution < 1.29 is 0 Å². The molecule has 18 heavy (non-hydrogen) atoms. The van der Waals surface area contributed by atoms with Crippen LogP contribution in [0.15, 0.2) is 12.4 Å². The number of nitrogens with one attached hydrogen (secondary N) is 1. The molecule has 0 aliphatic heterocycles. The third-order valence-corrected chi connectivity index (χ3v) is 4.04. The second kappa shape index (κ2) is 6.93. The first-order valence-electron chi connectivity index (χ1n) is 7.61. The molecule has 1 aliphatic rings. The fraction of sp³-hybridized carbons (Fsp3) is 0.800. The van der Waals surface area contributed by atoms with Crippen molar-refractivity contribution in [1.82, 2.24) is 14.9 Å². The van der Waals surface area contributed by atoms with Crippen LogP contribution in [0, 0.1) is 5.92 Å². The Morgan fingerprint density at radius 2 is 2.11 bits per heavy atom. The molecule has 102 valence electrons. The van der Waals surface area contributed by atoms with E-state index in [2.05, 4.69) is 34.9 Å². The van der Waals surface area contributed by atoms with Crippen molar-refractivity contribution >= 4 is 0 Å². The number of hydrogen-bond donors (Lipinski definition) is 1. The van der Waals surface area contributed by atoms with E-state index in [-0.39, 0.29) is 0 Å². The first-order valence-corrected chi connectivity index (χ1v) is 7.61. The van der Waals surface area contributed by atoms with Gasteiger partial charge in [-0.3, -0.25) is 0 Å². The van der Waals surface area contributed by atoms with E-state index in [0.717, 1.165) is 19.0 Å². The lowest BCUT2D eigenvalue weighted by atomic mass is 9.83. The van der Waals surface area contributed by atoms with E-state index in [0.29, 0.717) is 6.04 Å². The molecule has 1 aromatic rings. The first kappa shape index (κ1) is 13.6. The summed E-state index contributed by atoms with van der Waals surface area (Å²) in [4.78, 5) is 4.63. The summed E-state index contributed by atoms with van der Waals surface area (Å²) in [5, 5.41) is 3.67. The molecule has 1 N–H and O–H groups in total. The fourth-order valence-corrected chi connectivity index (χ4v) is 3.19. The lowest BCUT2D eigenvalue weighted by Crippen LogP contribution is -2.32. The van der Waals surface area contributed by atoms with E-state index in [9.17, 15) is 0 Å². The molecule has 0 aromatic carbocycles. The maximum absolute atomic E-state index is 4.63. The molecule has 0 saturated heterocycles. The van der Waals surface area contributed by atoms with Gasteiger partial charge in [0, 0.05) is 18.9 Å². The van der Waals surface area contributed by atoms with Gasteiger partial charge in [-0.1, -0.05) is 33.1 Å². The molecule has 1 aromatic heterocycles. The molecule has 0 bridgehead atoms. The van der Waals surface area contributed by atoms with Crippen LogP contribution in [-0.4, -0.2) is 16.1 Å². The van der Waals surface area contributed by atoms with Gasteiger partial charge in [0.1, 0.15) is 5.82 Å². The minimum absolute atomic E-state index is 0.455. The molecular formula is C15H27N3. The van der Waals surface area contributed by atoms with E-state index < -0.39 is 0 Å². The van der Waals surface area contributed by atoms with Gasteiger partial charge in [-0.2, -0.15) is 0 Å². The highest BCUT2D eigenvalue weighted by molar-refractivity contribution is 5.02. The SMILES string of the molecule is CCCn1ccnc1C(NCC)C1CCCCC1. The van der Waals surface area contributed by atoms with Gasteiger partial charge in [0.05, 0.1) is 6.04 Å². The molecule has 1 aliphatic carbocycles. The van der Waals surface area contributed by atoms with Crippen LogP contribution in [0.25, 0.3) is 0 Å². The van der Waals surface area contributed by atoms with Crippen molar-refractivity contribution in [3.8, 4) is 0 Å². The summed E-state index contributed by atoms with van der Waals surface area (Å²) in [6, 6.07) is 0.455. The summed E-state index contributed by atoms with van der Waals surface area (Å²) in [6.07, 6.45) is 12.2. The zero-order valence-electron chi connectivity index (χ0n) is 11.9. The second-order valence-electron chi connectivity index (χ2n) is 5.41. The summed E-state index contributed by atoms with van der Waals surface area (Å²) in [7, 11) is 0. The van der Waals surface area contributed by atoms with E-state index in [1.54, 1.807) is 0 Å². The van der Waals surface area contributed by atoms with Crippen molar-refractivity contribution in [2.24, 2.45) is 5.92 Å². The average Bonchev–Trinajstić information content (AvgIpc) is 2.85. The number of hydrogen-bond acceptors (Lipinski definition) is 2. The third-order valence-electron chi connectivity index (χ3n) is 4.04. The van der Waals surface area contributed by atoms with Crippen molar-refractivity contribution in [1.29, 1.82) is 0 Å². The molecule has 1 heterocycles. The maximum atomic E-state index is 4.63. The standard InChI is InChI=1S/C15H27N3/c1-3-11-18-12-10-17-15(18)14(16-4-2)13-8-6-5-7-9-13/h10,12-14,16H,3-9,11H2,1-2H3. The molecule has 3 heteroatoms. The Labute approximate surface area is 111 Å². The van der Waals surface area contributed by atoms with Crippen LogP contribution in [0.5, 0.6) is 0 Å². The zero-order valence-corrected chi connectivity index (χ0v) is 11.9. The predicted octanol–water partition coefficient (Wildman–Crippen LogP) is 3.52. The Hall–Kier alpha value is -0.830. The Bertz CT molecular complexity index is 339. The molecule has 3 nitrogen and oxygen atoms in total. The average molecular weight is 249 g/mol. The number of aromatic nitrogens is 2. The summed E-state index contributed by atoms with van der Waals surface area (Å²) in [6.45, 7) is 6.54. The lowest BCUT2D eigenvalue weighted by Gasteiger charge is -2.30. The van der Waals surface area contributed by atoms with Gasteiger partial charge in [0.15, 0.2) is 0 Å². The second-order valence-corrected chi connectivity index (χ2v) is 5.41. The normalized spacial score (nSPS) is 19.0. The Morgan fingerprint density at radius 1 is 1.33 bits per heavy atom. The van der Waals surface area contributed by atoms with E-state index >= 15 is 0 Å². The summed E-state index contributed by atoms with van der Waals surface area (Å²) >= 11 is 0. The molecule has 0 spiro atoms. The number of aryl methyl sites for hydroxylation is 1. The summed E-state index contributed by atoms with van der Waals surface area (Å²) in [5.41, 5.74) is 0. The zero-order chi connectivity index (χ0) is 12.8. The van der Waals surface area contributed by atoms with Gasteiger partial charge in [-0.05, 0) is 31.7 Å². The van der Waals surface area contributed by atoms with E-state index in [1.807, 2.05) is 6.20 Å². The summed E-state index contributed by atoms with van der Waals surface area (Å²) < 4.78 is 2.34. The fourth-order valence-electron chi connectivity index (χ4n) is 3.19. The van der Waals surface area contributed by atoms with Crippen molar-refractivity contribution in [3.63, 3.8) is 0 Å². The smallest absolute Gasteiger partial charge is 0.126 e. The van der Waals surface area contributed by atoms with Crippen LogP contribution in [0.1, 0.15) is 64.2 Å². The minimum atomic E-state index is 0.455. The molecule has 0 radical (unpaired) electrons. The minimum Gasteiger partial charge on any atom is -0.334 e. The Morgan fingerprint density at radius 3 is 2.78 bits per heavy atom. The van der Waals surface area contributed by atoms with Crippen LogP contribution in [-0.2, 0) is 6.54 Å². The van der Waals surface area contributed by atoms with E-state index in [4.69, 9.17) is 0 Å². The molecule has 1 atom stereocenters. The molecule has 1 unspecified atom stereocenters. The Balaban J connectivity index is 2.14. The lowest BCUT2D eigenvalue weighted by molar-refractivity contribution is 0.261. The molecule has 2 rings (SSSR count). The molecule has 0 amide bonds. The van der Waals surface area contributed by atoms with Gasteiger partial charge < -0.3 is 9.88 Å². The van der Waals surface area contributed by atoms with Gasteiger partial charge in [-0.25, -0.2) is 4.98 Å². The van der Waals surface area contributed by atoms with Crippen LogP contribution in [0.2, 0.25) is 0 Å². The van der Waals surface area contributed by atoms with Crippen LogP contribution < -0.4 is 5.32 Å². The molecule has 1 fully saturated rings. The van der Waals surface area contributed by atoms with Gasteiger partial charge in [-0.15, -0.1) is 0 Å². The number of nitrogens with zero attached hydrogens (tertiary/aromatic N) is 2. The Kier molecular flexibility index (Phi) is 5.24. The van der Waals surface area contributed by atoms with Gasteiger partial charge in [0.25, 0.3) is 0 Å². The quantitative estimate of drug-likeness (QED) is 0.836. The van der Waals surface area contributed by atoms with Crippen molar-refractivity contribution in [2.45, 2.75) is 65.0 Å². The maximum Gasteiger partial charge on any atom is 0.126 e. The third kappa shape index (κ3) is 3.14. The van der Waals surface area contributed by atoms with E-state index in [1.165, 1.54) is 44.3 Å². The predicted molar refractivity (Wildman–Crippen MR) is 75.5 cm³/mol.